The van der Waals surface area contributed by atoms with E-state index in [1.165, 1.54) is 17.4 Å². The van der Waals surface area contributed by atoms with Gasteiger partial charge in [-0.1, -0.05) is 47.4 Å². The van der Waals surface area contributed by atoms with Crippen LogP contribution >= 0.6 is 23.1 Å². The van der Waals surface area contributed by atoms with Gasteiger partial charge in [0.1, 0.15) is 5.82 Å². The van der Waals surface area contributed by atoms with Gasteiger partial charge in [0.2, 0.25) is 5.13 Å². The first-order valence-corrected chi connectivity index (χ1v) is 10.2. The maximum Gasteiger partial charge on any atom is 0.326 e. The van der Waals surface area contributed by atoms with Crippen molar-refractivity contribution in [2.24, 2.45) is 0 Å². The van der Waals surface area contributed by atoms with Gasteiger partial charge in [-0.15, -0.1) is 10.2 Å². The van der Waals surface area contributed by atoms with Crippen LogP contribution in [0.2, 0.25) is 0 Å². The van der Waals surface area contributed by atoms with Crippen LogP contribution in [0.3, 0.4) is 0 Å². The van der Waals surface area contributed by atoms with E-state index in [-0.39, 0.29) is 11.5 Å². The summed E-state index contributed by atoms with van der Waals surface area (Å²) in [7, 11) is 0. The molecule has 0 aliphatic rings. The molecule has 0 spiro atoms. The van der Waals surface area contributed by atoms with E-state index >= 15 is 0 Å². The summed E-state index contributed by atoms with van der Waals surface area (Å²) in [5, 5.41) is 11.7. The number of anilines is 2. The minimum atomic E-state index is -0.328. The highest BCUT2D eigenvalue weighted by atomic mass is 32.2. The van der Waals surface area contributed by atoms with E-state index in [1.807, 2.05) is 24.3 Å². The number of para-hydroxylation sites is 3. The van der Waals surface area contributed by atoms with Crippen molar-refractivity contribution in [2.75, 3.05) is 11.1 Å². The molecule has 0 unspecified atom stereocenters. The Balaban J connectivity index is 1.32. The molecule has 4 rings (SSSR count). The van der Waals surface area contributed by atoms with Gasteiger partial charge in [0, 0.05) is 12.3 Å². The SMILES string of the molecule is O=c1[nH]c2ccccc2n1CCCSc1nnc(Nc2ccccc2F)s1. The highest BCUT2D eigenvalue weighted by Crippen LogP contribution is 2.28. The minimum absolute atomic E-state index is 0.0894. The summed E-state index contributed by atoms with van der Waals surface area (Å²) in [6.07, 6.45) is 0.822. The number of benzene rings is 2. The van der Waals surface area contributed by atoms with Crippen LogP contribution in [0, 0.1) is 5.82 Å². The number of thioether (sulfide) groups is 1. The lowest BCUT2D eigenvalue weighted by molar-refractivity contribution is 0.632. The van der Waals surface area contributed by atoms with Gasteiger partial charge in [0.05, 0.1) is 16.7 Å². The minimum Gasteiger partial charge on any atom is -0.328 e. The van der Waals surface area contributed by atoms with Gasteiger partial charge in [-0.05, 0) is 30.7 Å². The summed E-state index contributed by atoms with van der Waals surface area (Å²) < 4.78 is 16.2. The molecule has 138 valence electrons. The van der Waals surface area contributed by atoms with Crippen molar-refractivity contribution in [3.63, 3.8) is 0 Å². The quantitative estimate of drug-likeness (QED) is 0.358. The molecule has 0 amide bonds. The monoisotopic (exact) mass is 401 g/mol. The zero-order valence-electron chi connectivity index (χ0n) is 14.2. The third-order valence-corrected chi connectivity index (χ3v) is 6.01. The molecule has 0 bridgehead atoms. The van der Waals surface area contributed by atoms with Crippen molar-refractivity contribution in [1.29, 1.82) is 0 Å². The van der Waals surface area contributed by atoms with E-state index in [0.717, 1.165) is 27.5 Å². The predicted molar refractivity (Wildman–Crippen MR) is 107 cm³/mol. The van der Waals surface area contributed by atoms with Crippen LogP contribution in [-0.4, -0.2) is 25.5 Å². The second-order valence-electron chi connectivity index (χ2n) is 5.78. The van der Waals surface area contributed by atoms with Gasteiger partial charge < -0.3 is 10.3 Å². The van der Waals surface area contributed by atoms with Gasteiger partial charge in [0.25, 0.3) is 0 Å². The van der Waals surface area contributed by atoms with Crippen molar-refractivity contribution in [3.05, 3.63) is 64.8 Å². The molecule has 27 heavy (non-hydrogen) atoms. The van der Waals surface area contributed by atoms with Crippen LogP contribution in [0.1, 0.15) is 6.42 Å². The maximum absolute atomic E-state index is 13.7. The van der Waals surface area contributed by atoms with E-state index in [0.29, 0.717) is 17.4 Å². The number of aromatic amines is 1. The predicted octanol–water partition coefficient (Wildman–Crippen LogP) is 4.25. The van der Waals surface area contributed by atoms with Gasteiger partial charge in [-0.25, -0.2) is 9.18 Å². The van der Waals surface area contributed by atoms with Crippen LogP contribution in [-0.2, 0) is 6.54 Å². The average molecular weight is 401 g/mol. The summed E-state index contributed by atoms with van der Waals surface area (Å²) in [5.41, 5.74) is 2.06. The first-order valence-electron chi connectivity index (χ1n) is 8.36. The molecule has 2 aromatic heterocycles. The zero-order chi connectivity index (χ0) is 18.6. The topological polar surface area (TPSA) is 75.6 Å². The zero-order valence-corrected chi connectivity index (χ0v) is 15.8. The van der Waals surface area contributed by atoms with Crippen molar-refractivity contribution in [1.82, 2.24) is 19.7 Å². The second kappa shape index (κ2) is 7.93. The molecular formula is C18H16FN5OS2. The molecule has 2 N–H and O–H groups in total. The smallest absolute Gasteiger partial charge is 0.326 e. The molecule has 0 aliphatic carbocycles. The summed E-state index contributed by atoms with van der Waals surface area (Å²) in [4.78, 5) is 14.9. The normalized spacial score (nSPS) is 11.1. The highest BCUT2D eigenvalue weighted by molar-refractivity contribution is 8.01. The van der Waals surface area contributed by atoms with E-state index in [9.17, 15) is 9.18 Å². The average Bonchev–Trinajstić information content (AvgIpc) is 3.24. The Labute approximate surface area is 162 Å². The second-order valence-corrected chi connectivity index (χ2v) is 8.10. The molecule has 9 heteroatoms. The summed E-state index contributed by atoms with van der Waals surface area (Å²) in [6, 6.07) is 14.1. The Bertz CT molecular complexity index is 1120. The Hall–Kier alpha value is -2.65. The number of nitrogens with zero attached hydrogens (tertiary/aromatic N) is 3. The number of imidazole rings is 1. The Kier molecular flexibility index (Phi) is 5.21. The maximum atomic E-state index is 13.7. The van der Waals surface area contributed by atoms with Crippen LogP contribution in [0.25, 0.3) is 11.0 Å². The number of H-pyrrole nitrogens is 1. The van der Waals surface area contributed by atoms with E-state index in [1.54, 1.807) is 34.5 Å². The lowest BCUT2D eigenvalue weighted by atomic mass is 10.3. The first-order chi connectivity index (χ1) is 13.2. The molecular weight excluding hydrogens is 385 g/mol. The van der Waals surface area contributed by atoms with Gasteiger partial charge in [-0.3, -0.25) is 4.57 Å². The Morgan fingerprint density at radius 1 is 1.15 bits per heavy atom. The van der Waals surface area contributed by atoms with Crippen LogP contribution in [0.15, 0.2) is 57.7 Å². The van der Waals surface area contributed by atoms with E-state index < -0.39 is 0 Å². The van der Waals surface area contributed by atoms with Gasteiger partial charge in [-0.2, -0.15) is 0 Å². The molecule has 0 fully saturated rings. The van der Waals surface area contributed by atoms with Crippen LogP contribution in [0.5, 0.6) is 0 Å². The largest absolute Gasteiger partial charge is 0.328 e. The number of fused-ring (bicyclic) bond motifs is 1. The molecule has 0 saturated carbocycles. The Morgan fingerprint density at radius 2 is 1.96 bits per heavy atom. The number of halogens is 1. The van der Waals surface area contributed by atoms with Gasteiger partial charge in [0.15, 0.2) is 4.34 Å². The fourth-order valence-electron chi connectivity index (χ4n) is 2.71. The number of aryl methyl sites for hydroxylation is 1. The summed E-state index contributed by atoms with van der Waals surface area (Å²) >= 11 is 2.95. The first kappa shape index (κ1) is 17.7. The van der Waals surface area contributed by atoms with Crippen molar-refractivity contribution in [3.8, 4) is 0 Å². The fraction of sp³-hybridized carbons (Fsp3) is 0.167. The number of aromatic nitrogens is 4. The van der Waals surface area contributed by atoms with Crippen LogP contribution < -0.4 is 11.0 Å². The van der Waals surface area contributed by atoms with E-state index in [4.69, 9.17) is 0 Å². The lowest BCUT2D eigenvalue weighted by Gasteiger charge is -2.02. The van der Waals surface area contributed by atoms with E-state index in [2.05, 4.69) is 20.5 Å². The Morgan fingerprint density at radius 3 is 2.85 bits per heavy atom. The fourth-order valence-corrected chi connectivity index (χ4v) is 4.47. The van der Waals surface area contributed by atoms with Crippen LogP contribution in [0.4, 0.5) is 15.2 Å². The highest BCUT2D eigenvalue weighted by Gasteiger charge is 2.09. The standard InChI is InChI=1S/C18H16FN5OS2/c19-12-6-1-2-7-13(12)20-16-22-23-18(27-16)26-11-5-10-24-15-9-4-3-8-14(15)21-17(24)25/h1-4,6-9H,5,10-11H2,(H,20,22)(H,21,25). The third-order valence-electron chi connectivity index (χ3n) is 3.96. The third kappa shape index (κ3) is 4.04. The van der Waals surface area contributed by atoms with Gasteiger partial charge >= 0.3 is 5.69 Å². The molecule has 0 atom stereocenters. The molecule has 0 saturated heterocycles. The summed E-state index contributed by atoms with van der Waals surface area (Å²) in [6.45, 7) is 0.634. The number of hydrogen-bond acceptors (Lipinski definition) is 6. The molecule has 2 aromatic carbocycles. The number of rotatable bonds is 7. The lowest BCUT2D eigenvalue weighted by Crippen LogP contribution is -2.17. The number of nitrogens with one attached hydrogen (secondary N) is 2. The summed E-state index contributed by atoms with van der Waals surface area (Å²) in [5.74, 6) is 0.478. The molecule has 6 nitrogen and oxygen atoms in total. The molecule has 0 radical (unpaired) electrons. The molecule has 2 heterocycles. The number of hydrogen-bond donors (Lipinski definition) is 2. The molecule has 0 aliphatic heterocycles. The molecule has 4 aromatic rings. The van der Waals surface area contributed by atoms with Crippen molar-refractivity contribution >= 4 is 45.0 Å². The van der Waals surface area contributed by atoms with Crippen molar-refractivity contribution in [2.45, 2.75) is 17.3 Å². The van der Waals surface area contributed by atoms with Crippen molar-refractivity contribution < 1.29 is 4.39 Å².